The smallest absolute Gasteiger partial charge is 0.270 e. The number of nitrogens with one attached hydrogen (secondary N) is 2. The number of nitrogens with zero attached hydrogens (tertiary/aromatic N) is 1. The van der Waals surface area contributed by atoms with Crippen LogP contribution >= 0.6 is 0 Å². The van der Waals surface area contributed by atoms with Gasteiger partial charge in [-0.3, -0.25) is 4.79 Å². The zero-order chi connectivity index (χ0) is 13.5. The molecule has 0 radical (unpaired) electrons. The number of nitrogens with two attached hydrogens (primary N) is 1. The van der Waals surface area contributed by atoms with Crippen LogP contribution in [0.5, 0.6) is 0 Å². The minimum absolute atomic E-state index is 0.216. The predicted molar refractivity (Wildman–Crippen MR) is 72.6 cm³/mol. The molecule has 19 heavy (non-hydrogen) atoms. The molecule has 1 heterocycles. The number of anilines is 1. The largest absolute Gasteiger partial charge is 0.376 e. The van der Waals surface area contributed by atoms with E-state index >= 15 is 0 Å². The number of nitrogen functional groups attached to an aromatic ring is 1. The van der Waals surface area contributed by atoms with E-state index < -0.39 is 0 Å². The summed E-state index contributed by atoms with van der Waals surface area (Å²) in [5.41, 5.74) is 2.75. The van der Waals surface area contributed by atoms with Gasteiger partial charge in [-0.1, -0.05) is 18.9 Å². The van der Waals surface area contributed by atoms with Crippen LogP contribution in [0.1, 0.15) is 36.2 Å². The maximum absolute atomic E-state index is 11.8. The summed E-state index contributed by atoms with van der Waals surface area (Å²) in [4.78, 5) is 15.9. The van der Waals surface area contributed by atoms with E-state index in [2.05, 4.69) is 15.7 Å². The van der Waals surface area contributed by atoms with Crippen LogP contribution in [0.4, 0.5) is 5.82 Å². The number of rotatable bonds is 6. The van der Waals surface area contributed by atoms with Gasteiger partial charge < -0.3 is 15.5 Å². The fourth-order valence-electron chi connectivity index (χ4n) is 2.18. The lowest BCUT2D eigenvalue weighted by atomic mass is 10.3. The van der Waals surface area contributed by atoms with Crippen LogP contribution in [0.25, 0.3) is 0 Å². The molecule has 1 aromatic rings. The van der Waals surface area contributed by atoms with Crippen molar-refractivity contribution >= 4 is 11.7 Å². The summed E-state index contributed by atoms with van der Waals surface area (Å²) in [7, 11) is 0. The van der Waals surface area contributed by atoms with E-state index in [4.69, 9.17) is 10.6 Å². The number of ether oxygens (including phenoxy) is 1. The monoisotopic (exact) mass is 264 g/mol. The summed E-state index contributed by atoms with van der Waals surface area (Å²) in [6, 6.07) is 5.07. The van der Waals surface area contributed by atoms with E-state index in [0.717, 1.165) is 12.8 Å². The summed E-state index contributed by atoms with van der Waals surface area (Å²) in [6.45, 7) is 1.04. The number of pyridine rings is 1. The number of carbonyl (C=O) groups is 1. The molecular formula is C13H20N4O2. The Labute approximate surface area is 112 Å². The molecule has 0 aromatic carbocycles. The Balaban J connectivity index is 1.71. The third kappa shape index (κ3) is 4.18. The van der Waals surface area contributed by atoms with E-state index in [1.165, 1.54) is 12.8 Å². The van der Waals surface area contributed by atoms with Gasteiger partial charge in [0.15, 0.2) is 0 Å². The molecule has 1 aliphatic rings. The van der Waals surface area contributed by atoms with Gasteiger partial charge in [0, 0.05) is 6.54 Å². The second kappa shape index (κ2) is 7.06. The molecule has 104 valence electrons. The van der Waals surface area contributed by atoms with Crippen molar-refractivity contribution in [3.05, 3.63) is 23.9 Å². The summed E-state index contributed by atoms with van der Waals surface area (Å²) in [5, 5.41) is 2.78. The molecule has 6 nitrogen and oxygen atoms in total. The van der Waals surface area contributed by atoms with Crippen LogP contribution in [0.3, 0.4) is 0 Å². The van der Waals surface area contributed by atoms with Crippen LogP contribution in [0.15, 0.2) is 18.2 Å². The topological polar surface area (TPSA) is 89.3 Å². The number of amides is 1. The zero-order valence-electron chi connectivity index (χ0n) is 10.9. The molecule has 1 aliphatic carbocycles. The van der Waals surface area contributed by atoms with E-state index in [9.17, 15) is 4.79 Å². The first-order chi connectivity index (χ1) is 9.29. The van der Waals surface area contributed by atoms with Crippen molar-refractivity contribution in [3.8, 4) is 0 Å². The molecule has 0 spiro atoms. The fraction of sp³-hybridized carbons (Fsp3) is 0.538. The summed E-state index contributed by atoms with van der Waals surface area (Å²) >= 11 is 0. The lowest BCUT2D eigenvalue weighted by Gasteiger charge is -2.11. The molecule has 0 bridgehead atoms. The van der Waals surface area contributed by atoms with Gasteiger partial charge in [0.1, 0.15) is 11.5 Å². The maximum atomic E-state index is 11.8. The molecular weight excluding hydrogens is 244 g/mol. The normalized spacial score (nSPS) is 15.4. The molecule has 6 heteroatoms. The van der Waals surface area contributed by atoms with Gasteiger partial charge in [-0.25, -0.2) is 10.8 Å². The molecule has 0 saturated heterocycles. The van der Waals surface area contributed by atoms with Gasteiger partial charge in [-0.15, -0.1) is 0 Å². The van der Waals surface area contributed by atoms with Crippen LogP contribution < -0.4 is 16.6 Å². The zero-order valence-corrected chi connectivity index (χ0v) is 10.9. The van der Waals surface area contributed by atoms with Crippen molar-refractivity contribution in [2.45, 2.75) is 31.8 Å². The van der Waals surface area contributed by atoms with E-state index in [1.54, 1.807) is 18.2 Å². The molecule has 1 amide bonds. The highest BCUT2D eigenvalue weighted by atomic mass is 16.5. The Kier molecular flexibility index (Phi) is 5.11. The second-order valence-corrected chi connectivity index (χ2v) is 4.59. The molecule has 4 N–H and O–H groups in total. The lowest BCUT2D eigenvalue weighted by molar-refractivity contribution is 0.0581. The van der Waals surface area contributed by atoms with Gasteiger partial charge in [0.2, 0.25) is 0 Å². The van der Waals surface area contributed by atoms with Crippen molar-refractivity contribution in [1.82, 2.24) is 10.3 Å². The van der Waals surface area contributed by atoms with Crippen molar-refractivity contribution in [2.24, 2.45) is 5.84 Å². The standard InChI is InChI=1S/C13H20N4O2/c14-17-12-7-3-6-11(16-12)13(18)15-8-9-19-10-4-1-2-5-10/h3,6-7,10H,1-2,4-5,8-9,14H2,(H,15,18)(H,16,17). The van der Waals surface area contributed by atoms with Crippen molar-refractivity contribution in [3.63, 3.8) is 0 Å². The Hall–Kier alpha value is -1.66. The number of hydrogen-bond donors (Lipinski definition) is 3. The Morgan fingerprint density at radius 1 is 1.42 bits per heavy atom. The molecule has 0 atom stereocenters. The molecule has 0 unspecified atom stereocenters. The minimum atomic E-state index is -0.216. The van der Waals surface area contributed by atoms with Gasteiger partial charge in [0.05, 0.1) is 12.7 Å². The first kappa shape index (κ1) is 13.8. The Morgan fingerprint density at radius 3 is 2.95 bits per heavy atom. The van der Waals surface area contributed by atoms with Crippen molar-refractivity contribution in [2.75, 3.05) is 18.6 Å². The third-order valence-electron chi connectivity index (χ3n) is 3.17. The number of carbonyl (C=O) groups excluding carboxylic acids is 1. The van der Waals surface area contributed by atoms with Gasteiger partial charge >= 0.3 is 0 Å². The molecule has 2 rings (SSSR count). The van der Waals surface area contributed by atoms with Crippen LogP contribution in [0, 0.1) is 0 Å². The molecule has 1 saturated carbocycles. The lowest BCUT2D eigenvalue weighted by Crippen LogP contribution is -2.29. The predicted octanol–water partition coefficient (Wildman–Crippen LogP) is 1.06. The highest BCUT2D eigenvalue weighted by Gasteiger charge is 2.15. The first-order valence-electron chi connectivity index (χ1n) is 6.63. The molecule has 1 aromatic heterocycles. The van der Waals surface area contributed by atoms with Crippen molar-refractivity contribution < 1.29 is 9.53 Å². The fourth-order valence-corrected chi connectivity index (χ4v) is 2.18. The number of aromatic nitrogens is 1. The number of hydrazine groups is 1. The molecule has 0 aliphatic heterocycles. The average molecular weight is 264 g/mol. The summed E-state index contributed by atoms with van der Waals surface area (Å²) in [5.74, 6) is 5.50. The number of hydrogen-bond acceptors (Lipinski definition) is 5. The quantitative estimate of drug-likeness (QED) is 0.406. The Bertz CT molecular complexity index is 419. The maximum Gasteiger partial charge on any atom is 0.270 e. The first-order valence-corrected chi connectivity index (χ1v) is 6.63. The summed E-state index contributed by atoms with van der Waals surface area (Å²) in [6.07, 6.45) is 5.15. The third-order valence-corrected chi connectivity index (χ3v) is 3.17. The van der Waals surface area contributed by atoms with Crippen LogP contribution in [-0.4, -0.2) is 30.1 Å². The minimum Gasteiger partial charge on any atom is -0.376 e. The molecule has 1 fully saturated rings. The second-order valence-electron chi connectivity index (χ2n) is 4.59. The van der Waals surface area contributed by atoms with Gasteiger partial charge in [0.25, 0.3) is 5.91 Å². The van der Waals surface area contributed by atoms with Crippen LogP contribution in [0.2, 0.25) is 0 Å². The average Bonchev–Trinajstić information content (AvgIpc) is 2.96. The van der Waals surface area contributed by atoms with Gasteiger partial charge in [-0.2, -0.15) is 0 Å². The van der Waals surface area contributed by atoms with Crippen molar-refractivity contribution in [1.29, 1.82) is 0 Å². The van der Waals surface area contributed by atoms with E-state index in [1.807, 2.05) is 0 Å². The summed E-state index contributed by atoms with van der Waals surface area (Å²) < 4.78 is 5.67. The Morgan fingerprint density at radius 2 is 2.21 bits per heavy atom. The van der Waals surface area contributed by atoms with Gasteiger partial charge in [-0.05, 0) is 25.0 Å². The van der Waals surface area contributed by atoms with E-state index in [0.29, 0.717) is 30.8 Å². The van der Waals surface area contributed by atoms with E-state index in [-0.39, 0.29) is 5.91 Å². The highest BCUT2D eigenvalue weighted by molar-refractivity contribution is 5.92. The highest BCUT2D eigenvalue weighted by Crippen LogP contribution is 2.20. The SMILES string of the molecule is NNc1cccc(C(=O)NCCOC2CCCC2)n1. The van der Waals surface area contributed by atoms with Crippen LogP contribution in [-0.2, 0) is 4.74 Å².